The molecule has 0 aromatic carbocycles. The lowest BCUT2D eigenvalue weighted by atomic mass is 10.1. The molecular formula is C10H15FN4S. The molecule has 1 saturated heterocycles. The van der Waals surface area contributed by atoms with E-state index in [2.05, 4.69) is 22.2 Å². The number of anilines is 2. The van der Waals surface area contributed by atoms with Crippen molar-refractivity contribution in [3.63, 3.8) is 0 Å². The molecule has 88 valence electrons. The standard InChI is InChI=1S/C10H15FN4S/c1-10(3-2-4-16-10)6-14-8-7(11)5-13-9(12)15-8/h5H,2-4,6H2,1H3,(H3,12,13,14,15). The minimum absolute atomic E-state index is 0.0909. The molecule has 16 heavy (non-hydrogen) atoms. The van der Waals surface area contributed by atoms with Crippen molar-refractivity contribution in [1.82, 2.24) is 9.97 Å². The molecule has 1 unspecified atom stereocenters. The summed E-state index contributed by atoms with van der Waals surface area (Å²) in [7, 11) is 0. The smallest absolute Gasteiger partial charge is 0.222 e. The topological polar surface area (TPSA) is 63.8 Å². The highest BCUT2D eigenvalue weighted by molar-refractivity contribution is 8.00. The molecule has 1 aromatic rings. The van der Waals surface area contributed by atoms with Crippen LogP contribution in [0.4, 0.5) is 16.2 Å². The zero-order valence-electron chi connectivity index (χ0n) is 9.16. The van der Waals surface area contributed by atoms with Crippen molar-refractivity contribution in [2.75, 3.05) is 23.3 Å². The lowest BCUT2D eigenvalue weighted by molar-refractivity contribution is 0.604. The zero-order valence-corrected chi connectivity index (χ0v) is 9.98. The van der Waals surface area contributed by atoms with Crippen LogP contribution in [0.2, 0.25) is 0 Å². The highest BCUT2D eigenvalue weighted by atomic mass is 32.2. The Balaban J connectivity index is 2.01. The van der Waals surface area contributed by atoms with Crippen LogP contribution in [0.3, 0.4) is 0 Å². The molecule has 3 N–H and O–H groups in total. The Labute approximate surface area is 98.2 Å². The third-order valence-electron chi connectivity index (χ3n) is 2.69. The van der Waals surface area contributed by atoms with Crippen molar-refractivity contribution in [2.45, 2.75) is 24.5 Å². The number of thioether (sulfide) groups is 1. The second-order valence-electron chi connectivity index (χ2n) is 4.18. The Kier molecular flexibility index (Phi) is 3.18. The van der Waals surface area contributed by atoms with Crippen LogP contribution in [0.15, 0.2) is 6.20 Å². The molecule has 2 heterocycles. The number of rotatable bonds is 3. The molecule has 4 nitrogen and oxygen atoms in total. The number of nitrogens with one attached hydrogen (secondary N) is 1. The minimum Gasteiger partial charge on any atom is -0.368 e. The maximum Gasteiger partial charge on any atom is 0.222 e. The highest BCUT2D eigenvalue weighted by Crippen LogP contribution is 2.37. The largest absolute Gasteiger partial charge is 0.368 e. The number of hydrogen-bond acceptors (Lipinski definition) is 5. The fourth-order valence-electron chi connectivity index (χ4n) is 1.75. The summed E-state index contributed by atoms with van der Waals surface area (Å²) in [5.41, 5.74) is 5.41. The van der Waals surface area contributed by atoms with Gasteiger partial charge in [-0.15, -0.1) is 0 Å². The van der Waals surface area contributed by atoms with Gasteiger partial charge in [0, 0.05) is 11.3 Å². The minimum atomic E-state index is -0.458. The van der Waals surface area contributed by atoms with E-state index in [9.17, 15) is 4.39 Å². The molecule has 0 amide bonds. The van der Waals surface area contributed by atoms with Crippen molar-refractivity contribution >= 4 is 23.5 Å². The molecule has 1 atom stereocenters. The van der Waals surface area contributed by atoms with E-state index in [1.807, 2.05) is 11.8 Å². The average molecular weight is 242 g/mol. The lowest BCUT2D eigenvalue weighted by Gasteiger charge is -2.23. The maximum atomic E-state index is 13.3. The average Bonchev–Trinajstić information content (AvgIpc) is 2.67. The van der Waals surface area contributed by atoms with Gasteiger partial charge in [0.2, 0.25) is 5.95 Å². The van der Waals surface area contributed by atoms with E-state index in [0.29, 0.717) is 6.54 Å². The summed E-state index contributed by atoms with van der Waals surface area (Å²) in [4.78, 5) is 7.42. The zero-order chi connectivity index (χ0) is 11.6. The van der Waals surface area contributed by atoms with E-state index < -0.39 is 5.82 Å². The molecule has 0 spiro atoms. The van der Waals surface area contributed by atoms with Crippen LogP contribution in [0, 0.1) is 5.82 Å². The molecular weight excluding hydrogens is 227 g/mol. The number of hydrogen-bond donors (Lipinski definition) is 2. The van der Waals surface area contributed by atoms with Gasteiger partial charge in [0.25, 0.3) is 0 Å². The van der Waals surface area contributed by atoms with E-state index in [0.717, 1.165) is 12.6 Å². The molecule has 1 fully saturated rings. The first-order valence-electron chi connectivity index (χ1n) is 5.25. The fourth-order valence-corrected chi connectivity index (χ4v) is 3.00. The third-order valence-corrected chi connectivity index (χ3v) is 4.23. The van der Waals surface area contributed by atoms with Gasteiger partial charge >= 0.3 is 0 Å². The number of nitrogens with zero attached hydrogens (tertiary/aromatic N) is 2. The summed E-state index contributed by atoms with van der Waals surface area (Å²) in [6.07, 6.45) is 3.46. The summed E-state index contributed by atoms with van der Waals surface area (Å²) in [6.45, 7) is 2.88. The molecule has 2 rings (SSSR count). The molecule has 0 saturated carbocycles. The SMILES string of the molecule is CC1(CNc2nc(N)ncc2F)CCCS1. The Morgan fingerprint density at radius 2 is 2.50 bits per heavy atom. The van der Waals surface area contributed by atoms with Gasteiger partial charge in [0.1, 0.15) is 0 Å². The first-order chi connectivity index (χ1) is 7.59. The highest BCUT2D eigenvalue weighted by Gasteiger charge is 2.29. The number of nitrogen functional groups attached to an aromatic ring is 1. The number of aromatic nitrogens is 2. The predicted molar refractivity (Wildman–Crippen MR) is 65.0 cm³/mol. The maximum absolute atomic E-state index is 13.3. The first-order valence-corrected chi connectivity index (χ1v) is 6.23. The van der Waals surface area contributed by atoms with Gasteiger partial charge in [-0.2, -0.15) is 16.7 Å². The molecule has 0 aliphatic carbocycles. The summed E-state index contributed by atoms with van der Waals surface area (Å²) in [5, 5.41) is 3.01. The second kappa shape index (κ2) is 4.45. The van der Waals surface area contributed by atoms with Crippen LogP contribution in [0.25, 0.3) is 0 Å². The van der Waals surface area contributed by atoms with E-state index in [1.54, 1.807) is 0 Å². The monoisotopic (exact) mass is 242 g/mol. The van der Waals surface area contributed by atoms with Crippen molar-refractivity contribution in [3.8, 4) is 0 Å². The summed E-state index contributed by atoms with van der Waals surface area (Å²) < 4.78 is 13.5. The third kappa shape index (κ3) is 2.55. The molecule has 0 bridgehead atoms. The van der Waals surface area contributed by atoms with Crippen molar-refractivity contribution in [3.05, 3.63) is 12.0 Å². The number of halogens is 1. The first kappa shape index (κ1) is 11.4. The second-order valence-corrected chi connectivity index (χ2v) is 5.86. The fraction of sp³-hybridized carbons (Fsp3) is 0.600. The summed E-state index contributed by atoms with van der Waals surface area (Å²) in [6, 6.07) is 0. The van der Waals surface area contributed by atoms with E-state index in [1.165, 1.54) is 12.2 Å². The Hall–Kier alpha value is -1.04. The van der Waals surface area contributed by atoms with Crippen molar-refractivity contribution in [2.24, 2.45) is 0 Å². The van der Waals surface area contributed by atoms with Crippen molar-refractivity contribution < 1.29 is 4.39 Å². The summed E-state index contributed by atoms with van der Waals surface area (Å²) >= 11 is 1.91. The Morgan fingerprint density at radius 3 is 3.19 bits per heavy atom. The molecule has 0 radical (unpaired) electrons. The van der Waals surface area contributed by atoms with Gasteiger partial charge < -0.3 is 11.1 Å². The Morgan fingerprint density at radius 1 is 1.69 bits per heavy atom. The van der Waals surface area contributed by atoms with E-state index in [-0.39, 0.29) is 16.5 Å². The van der Waals surface area contributed by atoms with Crippen LogP contribution in [-0.4, -0.2) is 27.0 Å². The Bertz CT molecular complexity index is 379. The van der Waals surface area contributed by atoms with E-state index in [4.69, 9.17) is 5.73 Å². The molecule has 1 aromatic heterocycles. The van der Waals surface area contributed by atoms with Gasteiger partial charge in [0.05, 0.1) is 6.20 Å². The molecule has 1 aliphatic heterocycles. The van der Waals surface area contributed by atoms with E-state index >= 15 is 0 Å². The lowest BCUT2D eigenvalue weighted by Crippen LogP contribution is -2.27. The van der Waals surface area contributed by atoms with Gasteiger partial charge in [-0.05, 0) is 25.5 Å². The van der Waals surface area contributed by atoms with Gasteiger partial charge in [0.15, 0.2) is 11.6 Å². The normalized spacial score (nSPS) is 24.6. The van der Waals surface area contributed by atoms with Crippen LogP contribution >= 0.6 is 11.8 Å². The molecule has 1 aliphatic rings. The van der Waals surface area contributed by atoms with Crippen LogP contribution in [-0.2, 0) is 0 Å². The quantitative estimate of drug-likeness (QED) is 0.847. The van der Waals surface area contributed by atoms with Gasteiger partial charge in [-0.3, -0.25) is 0 Å². The van der Waals surface area contributed by atoms with Crippen LogP contribution in [0.1, 0.15) is 19.8 Å². The molecule has 6 heteroatoms. The van der Waals surface area contributed by atoms with Crippen LogP contribution < -0.4 is 11.1 Å². The van der Waals surface area contributed by atoms with Gasteiger partial charge in [-0.1, -0.05) is 0 Å². The summed E-state index contributed by atoms with van der Waals surface area (Å²) in [5.74, 6) is 1.00. The van der Waals surface area contributed by atoms with Crippen LogP contribution in [0.5, 0.6) is 0 Å². The van der Waals surface area contributed by atoms with Gasteiger partial charge in [-0.25, -0.2) is 9.37 Å². The van der Waals surface area contributed by atoms with Crippen molar-refractivity contribution in [1.29, 1.82) is 0 Å². The predicted octanol–water partition coefficient (Wildman–Crippen LogP) is 1.90. The number of nitrogens with two attached hydrogens (primary N) is 1.